The number of carboxylic acid groups (broad SMARTS) is 1. The Kier molecular flexibility index (Phi) is 8.54. The van der Waals surface area contributed by atoms with E-state index in [1.807, 2.05) is 45.0 Å². The molecule has 0 saturated carbocycles. The first-order valence-electron chi connectivity index (χ1n) is 12.6. The number of ether oxygens (including phenoxy) is 1. The molecule has 2 heterocycles. The van der Waals surface area contributed by atoms with Crippen molar-refractivity contribution in [2.75, 3.05) is 0 Å². The number of rotatable bonds is 12. The number of hydrogen-bond donors (Lipinski definition) is 3. The summed E-state index contributed by atoms with van der Waals surface area (Å²) in [4.78, 5) is 25.3. The molecule has 1 unspecified atom stereocenters. The van der Waals surface area contributed by atoms with E-state index in [-0.39, 0.29) is 29.9 Å². The summed E-state index contributed by atoms with van der Waals surface area (Å²) in [6.07, 6.45) is 1.30. The van der Waals surface area contributed by atoms with Crippen LogP contribution in [0.2, 0.25) is 0 Å². The van der Waals surface area contributed by atoms with Crippen LogP contribution in [0.4, 0.5) is 0 Å². The van der Waals surface area contributed by atoms with Crippen LogP contribution in [0, 0.1) is 6.92 Å². The van der Waals surface area contributed by atoms with Crippen molar-refractivity contribution in [3.8, 4) is 5.75 Å². The first kappa shape index (κ1) is 27.8. The number of carbonyl (C=O) groups excluding carboxylic acids is 1. The highest BCUT2D eigenvalue weighted by Gasteiger charge is 2.28. The third-order valence-corrected chi connectivity index (χ3v) is 9.50. The standard InChI is InChI=1S/C28H32N2O6S2/c1-4-21(5-2)36-23-8-6-7-9-25(23)38(34,35)30-16-19-12-18(11-10-17(19)3)22(14-26(31)32)24-13-20-15-29-28(33)27(20)37-24/h6-13,21-22,30H,4-5,14-16H2,1-3H3,(H,29,33)(H,31,32). The number of amides is 1. The molecule has 1 aliphatic rings. The van der Waals surface area contributed by atoms with Crippen LogP contribution in [0.5, 0.6) is 5.75 Å². The maximum Gasteiger partial charge on any atom is 0.304 e. The predicted octanol–water partition coefficient (Wildman–Crippen LogP) is 4.95. The largest absolute Gasteiger partial charge is 0.489 e. The summed E-state index contributed by atoms with van der Waals surface area (Å²) in [6.45, 7) is 6.34. The molecule has 0 bridgehead atoms. The van der Waals surface area contributed by atoms with Crippen LogP contribution in [-0.2, 0) is 27.9 Å². The third kappa shape index (κ3) is 6.09. The zero-order valence-electron chi connectivity index (χ0n) is 21.6. The Morgan fingerprint density at radius 2 is 1.89 bits per heavy atom. The van der Waals surface area contributed by atoms with Gasteiger partial charge in [-0.3, -0.25) is 9.59 Å². The van der Waals surface area contributed by atoms with Crippen molar-refractivity contribution in [3.63, 3.8) is 0 Å². The van der Waals surface area contributed by atoms with Gasteiger partial charge >= 0.3 is 5.97 Å². The van der Waals surface area contributed by atoms with Gasteiger partial charge in [0.25, 0.3) is 5.91 Å². The van der Waals surface area contributed by atoms with Gasteiger partial charge in [-0.15, -0.1) is 11.3 Å². The number of carboxylic acids is 1. The molecule has 202 valence electrons. The molecule has 38 heavy (non-hydrogen) atoms. The molecule has 0 aliphatic carbocycles. The molecule has 8 nitrogen and oxygen atoms in total. The number of benzene rings is 2. The van der Waals surface area contributed by atoms with Crippen LogP contribution >= 0.6 is 11.3 Å². The van der Waals surface area contributed by atoms with Gasteiger partial charge in [0, 0.05) is 23.9 Å². The molecule has 0 radical (unpaired) electrons. The minimum absolute atomic E-state index is 0.0322. The van der Waals surface area contributed by atoms with Crippen LogP contribution in [0.15, 0.2) is 53.4 Å². The third-order valence-electron chi connectivity index (χ3n) is 6.77. The second kappa shape index (κ2) is 11.7. The van der Waals surface area contributed by atoms with Gasteiger partial charge in [0.15, 0.2) is 0 Å². The Bertz CT molecular complexity index is 1440. The summed E-state index contributed by atoms with van der Waals surface area (Å²) < 4.78 is 35.2. The van der Waals surface area contributed by atoms with E-state index in [4.69, 9.17) is 4.74 Å². The minimum atomic E-state index is -3.89. The predicted molar refractivity (Wildman–Crippen MR) is 146 cm³/mol. The lowest BCUT2D eigenvalue weighted by Gasteiger charge is -2.19. The summed E-state index contributed by atoms with van der Waals surface area (Å²) in [7, 11) is -3.89. The monoisotopic (exact) mass is 556 g/mol. The number of carbonyl (C=O) groups is 2. The summed E-state index contributed by atoms with van der Waals surface area (Å²) in [5, 5.41) is 12.4. The van der Waals surface area contributed by atoms with E-state index >= 15 is 0 Å². The highest BCUT2D eigenvalue weighted by molar-refractivity contribution is 7.89. The lowest BCUT2D eigenvalue weighted by molar-refractivity contribution is -0.137. The Hall–Kier alpha value is -3.21. The Morgan fingerprint density at radius 3 is 2.58 bits per heavy atom. The average molecular weight is 557 g/mol. The maximum atomic E-state index is 13.3. The molecule has 10 heteroatoms. The van der Waals surface area contributed by atoms with E-state index in [0.29, 0.717) is 17.2 Å². The normalized spacial score (nSPS) is 13.8. The van der Waals surface area contributed by atoms with Gasteiger partial charge in [-0.2, -0.15) is 0 Å². The van der Waals surface area contributed by atoms with Gasteiger partial charge < -0.3 is 15.2 Å². The number of nitrogens with one attached hydrogen (secondary N) is 2. The molecule has 4 rings (SSSR count). The van der Waals surface area contributed by atoms with E-state index in [1.165, 1.54) is 17.4 Å². The van der Waals surface area contributed by atoms with Gasteiger partial charge in [0.05, 0.1) is 17.4 Å². The number of para-hydroxylation sites is 1. The van der Waals surface area contributed by atoms with Crippen LogP contribution in [-0.4, -0.2) is 31.5 Å². The van der Waals surface area contributed by atoms with Crippen molar-refractivity contribution in [2.24, 2.45) is 0 Å². The summed E-state index contributed by atoms with van der Waals surface area (Å²) in [6, 6.07) is 14.1. The lowest BCUT2D eigenvalue weighted by Crippen LogP contribution is -2.25. The van der Waals surface area contributed by atoms with Crippen molar-refractivity contribution in [2.45, 2.75) is 70.0 Å². The van der Waals surface area contributed by atoms with E-state index in [0.717, 1.165) is 40.0 Å². The smallest absolute Gasteiger partial charge is 0.304 e. The molecule has 3 N–H and O–H groups in total. The molecular weight excluding hydrogens is 524 g/mol. The molecule has 1 amide bonds. The van der Waals surface area contributed by atoms with Crippen molar-refractivity contribution in [1.29, 1.82) is 0 Å². The Balaban J connectivity index is 1.59. The van der Waals surface area contributed by atoms with Crippen LogP contribution in [0.1, 0.15) is 75.8 Å². The molecule has 1 atom stereocenters. The van der Waals surface area contributed by atoms with Crippen LogP contribution < -0.4 is 14.8 Å². The van der Waals surface area contributed by atoms with Crippen molar-refractivity contribution < 1.29 is 27.9 Å². The molecule has 2 aromatic carbocycles. The van der Waals surface area contributed by atoms with E-state index < -0.39 is 21.9 Å². The van der Waals surface area contributed by atoms with Gasteiger partial charge in [0.1, 0.15) is 10.6 Å². The number of hydrogen-bond acceptors (Lipinski definition) is 6. The molecule has 3 aromatic rings. The molecular formula is C28H32N2O6S2. The van der Waals surface area contributed by atoms with E-state index in [2.05, 4.69) is 10.0 Å². The van der Waals surface area contributed by atoms with Gasteiger partial charge in [0.2, 0.25) is 10.0 Å². The van der Waals surface area contributed by atoms with E-state index in [9.17, 15) is 23.1 Å². The number of fused-ring (bicyclic) bond motifs is 1. The highest BCUT2D eigenvalue weighted by atomic mass is 32.2. The average Bonchev–Trinajstić information content (AvgIpc) is 3.47. The number of sulfonamides is 1. The second-order valence-electron chi connectivity index (χ2n) is 9.35. The molecule has 0 fully saturated rings. The molecule has 0 saturated heterocycles. The fourth-order valence-electron chi connectivity index (χ4n) is 4.51. The number of aliphatic carboxylic acids is 1. The van der Waals surface area contributed by atoms with Crippen molar-refractivity contribution in [1.82, 2.24) is 10.0 Å². The highest BCUT2D eigenvalue weighted by Crippen LogP contribution is 2.37. The fraction of sp³-hybridized carbons (Fsp3) is 0.357. The number of thiophene rings is 1. The topological polar surface area (TPSA) is 122 Å². The first-order chi connectivity index (χ1) is 18.1. The summed E-state index contributed by atoms with van der Waals surface area (Å²) >= 11 is 1.31. The maximum absolute atomic E-state index is 13.3. The van der Waals surface area contributed by atoms with Crippen molar-refractivity contribution in [3.05, 3.63) is 80.5 Å². The summed E-state index contributed by atoms with van der Waals surface area (Å²) in [5.41, 5.74) is 3.24. The quantitative estimate of drug-likeness (QED) is 0.290. The fourth-order valence-corrected chi connectivity index (χ4v) is 6.88. The molecule has 1 aromatic heterocycles. The Morgan fingerprint density at radius 1 is 1.16 bits per heavy atom. The Labute approximate surface area is 227 Å². The van der Waals surface area contributed by atoms with Gasteiger partial charge in [-0.05, 0) is 60.2 Å². The van der Waals surface area contributed by atoms with E-state index in [1.54, 1.807) is 18.2 Å². The SMILES string of the molecule is CCC(CC)Oc1ccccc1S(=O)(=O)NCc1cc(C(CC(=O)O)c2cc3c(s2)C(=O)NC3)ccc1C. The zero-order valence-corrected chi connectivity index (χ0v) is 23.2. The molecule has 1 aliphatic heterocycles. The molecule has 0 spiro atoms. The second-order valence-corrected chi connectivity index (χ2v) is 12.2. The van der Waals surface area contributed by atoms with Gasteiger partial charge in [-0.25, -0.2) is 13.1 Å². The zero-order chi connectivity index (χ0) is 27.4. The minimum Gasteiger partial charge on any atom is -0.489 e. The van der Waals surface area contributed by atoms with Crippen LogP contribution in [0.3, 0.4) is 0 Å². The lowest BCUT2D eigenvalue weighted by atomic mass is 9.91. The number of aryl methyl sites for hydroxylation is 1. The van der Waals surface area contributed by atoms with Crippen molar-refractivity contribution >= 4 is 33.2 Å². The van der Waals surface area contributed by atoms with Gasteiger partial charge in [-0.1, -0.05) is 44.2 Å². The summed E-state index contributed by atoms with van der Waals surface area (Å²) in [5.74, 6) is -1.24. The van der Waals surface area contributed by atoms with Crippen LogP contribution in [0.25, 0.3) is 0 Å². The first-order valence-corrected chi connectivity index (χ1v) is 14.9.